The largest absolute Gasteiger partial charge is 0.504 e. The van der Waals surface area contributed by atoms with Crippen molar-refractivity contribution in [2.45, 2.75) is 6.42 Å². The van der Waals surface area contributed by atoms with Gasteiger partial charge in [-0.3, -0.25) is 4.79 Å². The molecule has 0 saturated heterocycles. The lowest BCUT2D eigenvalue weighted by atomic mass is 10.0. The third kappa shape index (κ3) is 2.60. The lowest BCUT2D eigenvalue weighted by Crippen LogP contribution is -2.20. The summed E-state index contributed by atoms with van der Waals surface area (Å²) in [6.07, 6.45) is 0.373. The van der Waals surface area contributed by atoms with E-state index in [0.29, 0.717) is 34.1 Å². The van der Waals surface area contributed by atoms with E-state index in [4.69, 9.17) is 21.1 Å². The van der Waals surface area contributed by atoms with Crippen molar-refractivity contribution in [1.29, 1.82) is 0 Å². The van der Waals surface area contributed by atoms with E-state index in [1.54, 1.807) is 36.4 Å². The number of aromatic nitrogens is 2. The van der Waals surface area contributed by atoms with Crippen LogP contribution in [0.4, 0.5) is 0 Å². The number of ether oxygens (including phenoxy) is 2. The topological polar surface area (TPSA) is 84.4 Å². The summed E-state index contributed by atoms with van der Waals surface area (Å²) in [5, 5.41) is 10.9. The zero-order valence-corrected chi connectivity index (χ0v) is 13.9. The lowest BCUT2D eigenvalue weighted by Gasteiger charge is -2.19. The molecule has 0 fully saturated rings. The summed E-state index contributed by atoms with van der Waals surface area (Å²) in [6, 6.07) is 10.2. The molecular formula is C18H13ClN2O4. The maximum atomic E-state index is 12.5. The summed E-state index contributed by atoms with van der Waals surface area (Å²) >= 11 is 6.00. The number of aromatic amines is 1. The van der Waals surface area contributed by atoms with Gasteiger partial charge in [0.15, 0.2) is 11.5 Å². The van der Waals surface area contributed by atoms with Gasteiger partial charge in [-0.1, -0.05) is 17.7 Å². The number of rotatable bonds is 2. The number of nitrogens with zero attached hydrogens (tertiary/aromatic N) is 1. The summed E-state index contributed by atoms with van der Waals surface area (Å²) in [6.45, 7) is 0. The third-order valence-electron chi connectivity index (χ3n) is 4.05. The second kappa shape index (κ2) is 5.82. The number of nitrogens with one attached hydrogen (secondary N) is 1. The average Bonchev–Trinajstić information content (AvgIpc) is 2.60. The number of H-pyrrole nitrogens is 1. The van der Waals surface area contributed by atoms with Gasteiger partial charge in [0.1, 0.15) is 11.6 Å². The van der Waals surface area contributed by atoms with Crippen molar-refractivity contribution in [1.82, 2.24) is 9.97 Å². The molecule has 0 radical (unpaired) electrons. The highest BCUT2D eigenvalue weighted by Gasteiger charge is 2.23. The number of phenolic OH excluding ortho intramolecular Hbond substituents is 1. The zero-order valence-electron chi connectivity index (χ0n) is 13.2. The van der Waals surface area contributed by atoms with Gasteiger partial charge in [0.2, 0.25) is 5.88 Å². The number of hydrogen-bond donors (Lipinski definition) is 2. The summed E-state index contributed by atoms with van der Waals surface area (Å²) in [5.74, 6) is 1.22. The van der Waals surface area contributed by atoms with Crippen LogP contribution in [0.5, 0.6) is 23.1 Å². The first kappa shape index (κ1) is 15.5. The molecule has 0 bridgehead atoms. The van der Waals surface area contributed by atoms with Gasteiger partial charge in [-0.25, -0.2) is 0 Å². The van der Waals surface area contributed by atoms with Crippen LogP contribution in [0.15, 0.2) is 41.2 Å². The fourth-order valence-corrected chi connectivity index (χ4v) is 3.00. The van der Waals surface area contributed by atoms with Crippen LogP contribution >= 0.6 is 11.6 Å². The Morgan fingerprint density at radius 3 is 2.96 bits per heavy atom. The Morgan fingerprint density at radius 2 is 2.16 bits per heavy atom. The summed E-state index contributed by atoms with van der Waals surface area (Å²) in [7, 11) is 1.45. The first-order chi connectivity index (χ1) is 12.1. The van der Waals surface area contributed by atoms with Crippen LogP contribution in [0.2, 0.25) is 5.02 Å². The van der Waals surface area contributed by atoms with Gasteiger partial charge in [-0.05, 0) is 30.3 Å². The first-order valence-electron chi connectivity index (χ1n) is 7.52. The van der Waals surface area contributed by atoms with Crippen LogP contribution in [-0.4, -0.2) is 22.2 Å². The summed E-state index contributed by atoms with van der Waals surface area (Å²) in [4.78, 5) is 19.6. The summed E-state index contributed by atoms with van der Waals surface area (Å²) < 4.78 is 10.9. The molecule has 4 rings (SSSR count). The maximum Gasteiger partial charge on any atom is 0.258 e. The minimum atomic E-state index is -0.326. The van der Waals surface area contributed by atoms with Crippen molar-refractivity contribution < 1.29 is 14.6 Å². The molecule has 7 heteroatoms. The van der Waals surface area contributed by atoms with Gasteiger partial charge >= 0.3 is 0 Å². The van der Waals surface area contributed by atoms with Gasteiger partial charge < -0.3 is 19.6 Å². The highest BCUT2D eigenvalue weighted by Crippen LogP contribution is 2.38. The number of hydrogen-bond acceptors (Lipinski definition) is 5. The molecular weight excluding hydrogens is 344 g/mol. The number of halogens is 1. The molecule has 1 aromatic heterocycles. The first-order valence-corrected chi connectivity index (χ1v) is 7.90. The van der Waals surface area contributed by atoms with Crippen LogP contribution in [0, 0.1) is 0 Å². The van der Waals surface area contributed by atoms with Crippen LogP contribution in [-0.2, 0) is 6.42 Å². The normalized spacial score (nSPS) is 12.1. The van der Waals surface area contributed by atoms with Gasteiger partial charge in [-0.15, -0.1) is 0 Å². The van der Waals surface area contributed by atoms with E-state index in [1.165, 1.54) is 7.11 Å². The van der Waals surface area contributed by atoms with Gasteiger partial charge in [0.05, 0.1) is 18.2 Å². The third-order valence-corrected chi connectivity index (χ3v) is 4.28. The number of benzene rings is 2. The molecule has 0 aliphatic carbocycles. The van der Waals surface area contributed by atoms with E-state index >= 15 is 0 Å². The molecule has 0 saturated carbocycles. The average molecular weight is 357 g/mol. The van der Waals surface area contributed by atoms with Crippen molar-refractivity contribution in [3.63, 3.8) is 0 Å². The highest BCUT2D eigenvalue weighted by atomic mass is 35.5. The fraction of sp³-hybridized carbons (Fsp3) is 0.111. The molecule has 0 spiro atoms. The Balaban J connectivity index is 1.83. The van der Waals surface area contributed by atoms with Crippen LogP contribution in [0.1, 0.15) is 11.1 Å². The molecule has 126 valence electrons. The second-order valence-corrected chi connectivity index (χ2v) is 6.02. The number of phenols is 1. The lowest BCUT2D eigenvalue weighted by molar-refractivity contribution is 0.374. The SMILES string of the molecule is COc1cccc(-c2nc3c(c(=O)[nH]2)Cc2cc(Cl)ccc2O3)c1O. The van der Waals surface area contributed by atoms with Crippen molar-refractivity contribution in [2.75, 3.05) is 7.11 Å². The molecule has 2 heterocycles. The zero-order chi connectivity index (χ0) is 17.6. The molecule has 1 aliphatic rings. The summed E-state index contributed by atoms with van der Waals surface area (Å²) in [5.41, 5.74) is 1.27. The molecule has 25 heavy (non-hydrogen) atoms. The monoisotopic (exact) mass is 356 g/mol. The standard InChI is InChI=1S/C18H13ClN2O4/c1-24-14-4-2-3-11(15(14)22)16-20-17(23)12-8-9-7-10(19)5-6-13(9)25-18(12)21-16/h2-7,22H,8H2,1H3,(H,20,21,23). The van der Waals surface area contributed by atoms with Crippen LogP contribution in [0.3, 0.4) is 0 Å². The smallest absolute Gasteiger partial charge is 0.258 e. The Bertz CT molecular complexity index is 1050. The molecule has 0 unspecified atom stereocenters. The molecule has 2 N–H and O–H groups in total. The van der Waals surface area contributed by atoms with Crippen molar-refractivity contribution >= 4 is 11.6 Å². The van der Waals surface area contributed by atoms with Crippen molar-refractivity contribution in [3.05, 3.63) is 62.9 Å². The van der Waals surface area contributed by atoms with E-state index in [-0.39, 0.29) is 23.0 Å². The minimum absolute atomic E-state index is 0.101. The van der Waals surface area contributed by atoms with E-state index in [1.807, 2.05) is 0 Å². The van der Waals surface area contributed by atoms with Crippen molar-refractivity contribution in [3.8, 4) is 34.5 Å². The van der Waals surface area contributed by atoms with Gasteiger partial charge in [0.25, 0.3) is 5.56 Å². The van der Waals surface area contributed by atoms with E-state index < -0.39 is 0 Å². The fourth-order valence-electron chi connectivity index (χ4n) is 2.80. The number of aromatic hydroxyl groups is 1. The molecule has 3 aromatic rings. The molecule has 2 aromatic carbocycles. The Morgan fingerprint density at radius 1 is 1.32 bits per heavy atom. The minimum Gasteiger partial charge on any atom is -0.504 e. The Hall–Kier alpha value is -2.99. The molecule has 1 aliphatic heterocycles. The quantitative estimate of drug-likeness (QED) is 0.574. The Kier molecular flexibility index (Phi) is 3.62. The van der Waals surface area contributed by atoms with E-state index in [2.05, 4.69) is 9.97 Å². The van der Waals surface area contributed by atoms with Gasteiger partial charge in [-0.2, -0.15) is 4.98 Å². The molecule has 0 amide bonds. The maximum absolute atomic E-state index is 12.5. The number of methoxy groups -OCH3 is 1. The predicted molar refractivity (Wildman–Crippen MR) is 92.8 cm³/mol. The highest BCUT2D eigenvalue weighted by molar-refractivity contribution is 6.30. The number of fused-ring (bicyclic) bond motifs is 2. The van der Waals surface area contributed by atoms with E-state index in [9.17, 15) is 9.90 Å². The second-order valence-electron chi connectivity index (χ2n) is 5.59. The van der Waals surface area contributed by atoms with E-state index in [0.717, 1.165) is 5.56 Å². The van der Waals surface area contributed by atoms with Crippen LogP contribution in [0.25, 0.3) is 11.4 Å². The number of para-hydroxylation sites is 1. The Labute approximate surface area is 147 Å². The van der Waals surface area contributed by atoms with Crippen molar-refractivity contribution in [2.24, 2.45) is 0 Å². The molecule has 6 nitrogen and oxygen atoms in total. The van der Waals surface area contributed by atoms with Crippen LogP contribution < -0.4 is 15.0 Å². The predicted octanol–water partition coefficient (Wildman–Crippen LogP) is 3.50. The molecule has 0 atom stereocenters. The van der Waals surface area contributed by atoms with Gasteiger partial charge in [0, 0.05) is 17.0 Å².